The lowest BCUT2D eigenvalue weighted by atomic mass is 9.92. The van der Waals surface area contributed by atoms with Crippen molar-refractivity contribution in [2.45, 2.75) is 69.9 Å². The Labute approximate surface area is 146 Å². The molecule has 138 valence electrons. The van der Waals surface area contributed by atoms with Gasteiger partial charge in [0.05, 0.1) is 19.3 Å². The molecular formula is C19H34N2O3. The van der Waals surface area contributed by atoms with E-state index in [0.717, 1.165) is 58.7 Å². The van der Waals surface area contributed by atoms with Crippen LogP contribution in [0.3, 0.4) is 0 Å². The number of nitrogens with zero attached hydrogens (tertiary/aromatic N) is 1. The molecule has 0 radical (unpaired) electrons. The predicted molar refractivity (Wildman–Crippen MR) is 94.0 cm³/mol. The summed E-state index contributed by atoms with van der Waals surface area (Å²) in [4.78, 5) is 14.8. The molecule has 2 heterocycles. The highest BCUT2D eigenvalue weighted by atomic mass is 16.5. The molecule has 3 aliphatic rings. The van der Waals surface area contributed by atoms with Gasteiger partial charge in [-0.3, -0.25) is 4.79 Å². The normalized spacial score (nSPS) is 27.4. The van der Waals surface area contributed by atoms with Gasteiger partial charge in [-0.2, -0.15) is 0 Å². The largest absolute Gasteiger partial charge is 0.377 e. The zero-order valence-corrected chi connectivity index (χ0v) is 15.0. The minimum Gasteiger partial charge on any atom is -0.377 e. The zero-order chi connectivity index (χ0) is 16.6. The molecule has 24 heavy (non-hydrogen) atoms. The molecule has 1 aliphatic carbocycles. The van der Waals surface area contributed by atoms with Crippen LogP contribution in [0.4, 0.5) is 0 Å². The van der Waals surface area contributed by atoms with Gasteiger partial charge in [-0.25, -0.2) is 0 Å². The van der Waals surface area contributed by atoms with E-state index in [2.05, 4.69) is 10.2 Å². The fraction of sp³-hybridized carbons (Fsp3) is 0.947. The highest BCUT2D eigenvalue weighted by Crippen LogP contribution is 2.21. The van der Waals surface area contributed by atoms with Crippen LogP contribution in [0.5, 0.6) is 0 Å². The van der Waals surface area contributed by atoms with Crippen molar-refractivity contribution in [1.82, 2.24) is 10.2 Å². The van der Waals surface area contributed by atoms with E-state index in [4.69, 9.17) is 9.47 Å². The van der Waals surface area contributed by atoms with Crippen molar-refractivity contribution >= 4 is 5.91 Å². The number of carbonyl (C=O) groups excluding carboxylic acids is 1. The summed E-state index contributed by atoms with van der Waals surface area (Å²) in [6.07, 6.45) is 10.8. The van der Waals surface area contributed by atoms with Crippen LogP contribution < -0.4 is 5.32 Å². The van der Waals surface area contributed by atoms with E-state index in [1.807, 2.05) is 0 Å². The van der Waals surface area contributed by atoms with Gasteiger partial charge in [0, 0.05) is 25.1 Å². The molecule has 0 aromatic rings. The number of nitrogens with one attached hydrogen (secondary N) is 1. The Morgan fingerprint density at radius 1 is 1.04 bits per heavy atom. The summed E-state index contributed by atoms with van der Waals surface area (Å²) in [5.41, 5.74) is 0. The second-order valence-corrected chi connectivity index (χ2v) is 7.67. The molecule has 1 unspecified atom stereocenters. The molecule has 0 spiro atoms. The number of piperidine rings is 1. The van der Waals surface area contributed by atoms with Gasteiger partial charge in [0.25, 0.3) is 0 Å². The first-order valence-corrected chi connectivity index (χ1v) is 10.0. The molecule has 1 saturated carbocycles. The van der Waals surface area contributed by atoms with Crippen molar-refractivity contribution < 1.29 is 14.3 Å². The summed E-state index contributed by atoms with van der Waals surface area (Å²) in [6, 6.07) is 0.440. The van der Waals surface area contributed by atoms with Crippen molar-refractivity contribution in [3.05, 3.63) is 0 Å². The van der Waals surface area contributed by atoms with Crippen LogP contribution >= 0.6 is 0 Å². The molecule has 1 N–H and O–H groups in total. The quantitative estimate of drug-likeness (QED) is 0.724. The molecule has 2 aliphatic heterocycles. The number of likely N-dealkylation sites (tertiary alicyclic amines) is 1. The van der Waals surface area contributed by atoms with Crippen LogP contribution in [0, 0.1) is 5.92 Å². The highest BCUT2D eigenvalue weighted by molar-refractivity contribution is 5.79. The zero-order valence-electron chi connectivity index (χ0n) is 15.0. The summed E-state index contributed by atoms with van der Waals surface area (Å²) in [7, 11) is 0. The number of carbonyl (C=O) groups is 1. The van der Waals surface area contributed by atoms with Gasteiger partial charge >= 0.3 is 0 Å². The van der Waals surface area contributed by atoms with Gasteiger partial charge in [0.1, 0.15) is 0 Å². The topological polar surface area (TPSA) is 50.8 Å². The number of hydrogen-bond donors (Lipinski definition) is 1. The van der Waals surface area contributed by atoms with Crippen molar-refractivity contribution in [1.29, 1.82) is 0 Å². The van der Waals surface area contributed by atoms with Crippen molar-refractivity contribution in [2.75, 3.05) is 39.5 Å². The number of hydrogen-bond acceptors (Lipinski definition) is 4. The van der Waals surface area contributed by atoms with Gasteiger partial charge in [-0.15, -0.1) is 0 Å². The summed E-state index contributed by atoms with van der Waals surface area (Å²) in [5, 5.41) is 3.29. The molecule has 3 fully saturated rings. The van der Waals surface area contributed by atoms with E-state index >= 15 is 0 Å². The van der Waals surface area contributed by atoms with Gasteiger partial charge in [-0.1, -0.05) is 19.3 Å². The molecule has 5 heteroatoms. The fourth-order valence-electron chi connectivity index (χ4n) is 4.17. The smallest absolute Gasteiger partial charge is 0.223 e. The van der Waals surface area contributed by atoms with Crippen molar-refractivity contribution in [2.24, 2.45) is 5.92 Å². The molecule has 1 atom stereocenters. The summed E-state index contributed by atoms with van der Waals surface area (Å²) in [6.45, 7) is 5.42. The van der Waals surface area contributed by atoms with Crippen LogP contribution in [-0.4, -0.2) is 62.4 Å². The van der Waals surface area contributed by atoms with Crippen molar-refractivity contribution in [3.8, 4) is 0 Å². The number of ether oxygens (including phenoxy) is 2. The Hall–Kier alpha value is -0.650. The summed E-state index contributed by atoms with van der Waals surface area (Å²) >= 11 is 0. The molecule has 2 saturated heterocycles. The fourth-order valence-corrected chi connectivity index (χ4v) is 4.17. The van der Waals surface area contributed by atoms with Gasteiger partial charge < -0.3 is 19.7 Å². The molecule has 5 nitrogen and oxygen atoms in total. The molecule has 1 amide bonds. The number of rotatable bonds is 7. The lowest BCUT2D eigenvalue weighted by Crippen LogP contribution is -2.45. The van der Waals surface area contributed by atoms with Gasteiger partial charge in [0.2, 0.25) is 5.91 Å². The highest BCUT2D eigenvalue weighted by Gasteiger charge is 2.26. The molecular weight excluding hydrogens is 304 g/mol. The molecule has 0 aromatic carbocycles. The third kappa shape index (κ3) is 5.71. The van der Waals surface area contributed by atoms with E-state index in [-0.39, 0.29) is 5.92 Å². The van der Waals surface area contributed by atoms with Gasteiger partial charge in [-0.05, 0) is 51.6 Å². The van der Waals surface area contributed by atoms with E-state index in [1.165, 1.54) is 38.5 Å². The standard InChI is InChI=1S/C19H34N2O3/c22-19(20-17-5-2-1-3-6-17)16-8-10-21(11-9-16)12-14-23-15-18-7-4-13-24-18/h16-18H,1-15H2,(H,20,22). The minimum absolute atomic E-state index is 0.219. The molecule has 0 bridgehead atoms. The molecule has 3 rings (SSSR count). The Morgan fingerprint density at radius 3 is 2.54 bits per heavy atom. The Balaban J connectivity index is 1.25. The van der Waals surface area contributed by atoms with Crippen LogP contribution in [-0.2, 0) is 14.3 Å². The summed E-state index contributed by atoms with van der Waals surface area (Å²) in [5.74, 6) is 0.521. The monoisotopic (exact) mass is 338 g/mol. The lowest BCUT2D eigenvalue weighted by Gasteiger charge is -2.32. The maximum absolute atomic E-state index is 12.4. The van der Waals surface area contributed by atoms with Crippen LogP contribution in [0.1, 0.15) is 57.8 Å². The van der Waals surface area contributed by atoms with E-state index in [9.17, 15) is 4.79 Å². The van der Waals surface area contributed by atoms with Crippen LogP contribution in [0.15, 0.2) is 0 Å². The SMILES string of the molecule is O=C(NC1CCCCC1)C1CCN(CCOCC2CCCO2)CC1. The van der Waals surface area contributed by atoms with Crippen molar-refractivity contribution in [3.63, 3.8) is 0 Å². The van der Waals surface area contributed by atoms with Crippen LogP contribution in [0.2, 0.25) is 0 Å². The predicted octanol–water partition coefficient (Wildman–Crippen LogP) is 2.34. The second kappa shape index (κ2) is 9.73. The average Bonchev–Trinajstić information content (AvgIpc) is 3.13. The van der Waals surface area contributed by atoms with Gasteiger partial charge in [0.15, 0.2) is 0 Å². The van der Waals surface area contributed by atoms with Crippen LogP contribution in [0.25, 0.3) is 0 Å². The maximum Gasteiger partial charge on any atom is 0.223 e. The van der Waals surface area contributed by atoms with E-state index < -0.39 is 0 Å². The second-order valence-electron chi connectivity index (χ2n) is 7.67. The maximum atomic E-state index is 12.4. The Morgan fingerprint density at radius 2 is 1.83 bits per heavy atom. The van der Waals surface area contributed by atoms with E-state index in [0.29, 0.717) is 18.1 Å². The summed E-state index contributed by atoms with van der Waals surface area (Å²) < 4.78 is 11.3. The third-order valence-corrected chi connectivity index (χ3v) is 5.79. The molecule has 0 aromatic heterocycles. The number of amides is 1. The average molecular weight is 338 g/mol. The Kier molecular flexibility index (Phi) is 7.36. The lowest BCUT2D eigenvalue weighted by molar-refractivity contribution is -0.127. The first-order chi connectivity index (χ1) is 11.8. The third-order valence-electron chi connectivity index (χ3n) is 5.79. The first kappa shape index (κ1) is 18.2. The first-order valence-electron chi connectivity index (χ1n) is 10.0. The Bertz CT molecular complexity index is 371. The van der Waals surface area contributed by atoms with E-state index in [1.54, 1.807) is 0 Å². The minimum atomic E-state index is 0.219.